The van der Waals surface area contributed by atoms with Crippen LogP contribution in [0.5, 0.6) is 17.2 Å². The fourth-order valence-corrected chi connectivity index (χ4v) is 2.17. The number of para-hydroxylation sites is 3. The van der Waals surface area contributed by atoms with Gasteiger partial charge in [0.1, 0.15) is 5.75 Å². The van der Waals surface area contributed by atoms with Crippen LogP contribution in [0.1, 0.15) is 0 Å². The van der Waals surface area contributed by atoms with E-state index in [4.69, 9.17) is 31.7 Å². The average molecular weight is 303 g/mol. The zero-order valence-electron chi connectivity index (χ0n) is 9.12. The molecule has 0 amide bonds. The third-order valence-corrected chi connectivity index (χ3v) is 2.85. The molecule has 0 atom stereocenters. The Morgan fingerprint density at radius 1 is 0.833 bits per heavy atom. The van der Waals surface area contributed by atoms with Crippen LogP contribution in [0.3, 0.4) is 0 Å². The molecule has 0 spiro atoms. The molecule has 3 nitrogen and oxygen atoms in total. The molecule has 0 radical (unpaired) electrons. The van der Waals surface area contributed by atoms with E-state index in [1.54, 1.807) is 36.4 Å². The number of hydrogen-bond donors (Lipinski definition) is 0. The van der Waals surface area contributed by atoms with Gasteiger partial charge in [-0.1, -0.05) is 30.3 Å². The molecule has 0 aliphatic heterocycles. The van der Waals surface area contributed by atoms with Crippen LogP contribution in [0, 0.1) is 0 Å². The summed E-state index contributed by atoms with van der Waals surface area (Å²) >= 11 is 10.8. The normalized spacial score (nSPS) is 11.0. The number of benzene rings is 2. The Kier molecular flexibility index (Phi) is 4.18. The molecule has 0 saturated heterocycles. The highest BCUT2D eigenvalue weighted by Gasteiger charge is 2.19. The van der Waals surface area contributed by atoms with E-state index in [0.717, 1.165) is 0 Å². The maximum Gasteiger partial charge on any atom is 0.428 e. The van der Waals surface area contributed by atoms with Crippen LogP contribution in [0.15, 0.2) is 54.6 Å². The summed E-state index contributed by atoms with van der Waals surface area (Å²) in [6.45, 7) is 0. The highest BCUT2D eigenvalue weighted by molar-refractivity contribution is 8.05. The number of ether oxygens (including phenoxy) is 1. The summed E-state index contributed by atoms with van der Waals surface area (Å²) < 4.78 is 21.8. The van der Waals surface area contributed by atoms with Crippen LogP contribution in [0.25, 0.3) is 0 Å². The van der Waals surface area contributed by atoms with Crippen molar-refractivity contribution in [2.45, 2.75) is 0 Å². The summed E-state index contributed by atoms with van der Waals surface area (Å²) in [5.74, 6) is 1.26. The Balaban J connectivity index is 2.25. The minimum absolute atomic E-state index is 0.231. The maximum absolute atomic E-state index is 11.2. The molecule has 0 heterocycles. The minimum atomic E-state index is -3.65. The van der Waals surface area contributed by atoms with Crippen LogP contribution >= 0.6 is 28.6 Å². The van der Waals surface area contributed by atoms with Gasteiger partial charge in [-0.3, -0.25) is 0 Å². The van der Waals surface area contributed by atoms with Crippen molar-refractivity contribution in [1.29, 1.82) is 0 Å². The van der Waals surface area contributed by atoms with Crippen LogP contribution in [-0.2, 0) is 4.57 Å². The first-order valence-corrected chi connectivity index (χ1v) is 8.49. The number of halogens is 2. The molecule has 18 heavy (non-hydrogen) atoms. The summed E-state index contributed by atoms with van der Waals surface area (Å²) in [6.07, 6.45) is -3.65. The molecule has 0 unspecified atom stereocenters. The van der Waals surface area contributed by atoms with Crippen molar-refractivity contribution in [3.63, 3.8) is 0 Å². The van der Waals surface area contributed by atoms with E-state index in [-0.39, 0.29) is 5.75 Å². The molecule has 94 valence electrons. The van der Waals surface area contributed by atoms with Crippen molar-refractivity contribution in [2.75, 3.05) is 0 Å². The summed E-state index contributed by atoms with van der Waals surface area (Å²) in [4.78, 5) is 0. The van der Waals surface area contributed by atoms with Gasteiger partial charge in [0.15, 0.2) is 11.5 Å². The lowest BCUT2D eigenvalue weighted by molar-refractivity contribution is 0.445. The van der Waals surface area contributed by atoms with Gasteiger partial charge in [-0.05, 0) is 24.3 Å². The minimum Gasteiger partial charge on any atom is -0.453 e. The molecular formula is C12H9Cl2O3P. The largest absolute Gasteiger partial charge is 0.453 e. The third kappa shape index (κ3) is 3.95. The van der Waals surface area contributed by atoms with E-state index >= 15 is 0 Å². The molecule has 2 aromatic rings. The first-order valence-electron chi connectivity index (χ1n) is 5.05. The fourth-order valence-electron chi connectivity index (χ4n) is 1.34. The predicted octanol–water partition coefficient (Wildman–Crippen LogP) is 5.44. The van der Waals surface area contributed by atoms with Crippen LogP contribution in [0.4, 0.5) is 0 Å². The monoisotopic (exact) mass is 302 g/mol. The Hall–Kier alpha value is -1.15. The molecule has 2 rings (SSSR count). The van der Waals surface area contributed by atoms with Crippen molar-refractivity contribution >= 4 is 28.6 Å². The van der Waals surface area contributed by atoms with Gasteiger partial charge in [0.2, 0.25) is 0 Å². The van der Waals surface area contributed by atoms with Crippen LogP contribution in [0.2, 0.25) is 0 Å². The van der Waals surface area contributed by atoms with Gasteiger partial charge in [0.25, 0.3) is 0 Å². The quantitative estimate of drug-likeness (QED) is 0.705. The Labute approximate surface area is 114 Å². The van der Waals surface area contributed by atoms with Gasteiger partial charge in [0.05, 0.1) is 0 Å². The molecule has 0 fully saturated rings. The summed E-state index contributed by atoms with van der Waals surface area (Å²) in [7, 11) is 0. The van der Waals surface area contributed by atoms with E-state index in [1.165, 1.54) is 0 Å². The van der Waals surface area contributed by atoms with Gasteiger partial charge in [-0.2, -0.15) is 0 Å². The molecule has 6 heteroatoms. The maximum atomic E-state index is 11.2. The lowest BCUT2D eigenvalue weighted by atomic mass is 10.3. The first kappa shape index (κ1) is 13.3. The van der Waals surface area contributed by atoms with E-state index < -0.39 is 6.07 Å². The van der Waals surface area contributed by atoms with Gasteiger partial charge >= 0.3 is 6.07 Å². The molecule has 0 aliphatic rings. The first-order chi connectivity index (χ1) is 8.54. The van der Waals surface area contributed by atoms with Crippen molar-refractivity contribution in [3.8, 4) is 17.2 Å². The summed E-state index contributed by atoms with van der Waals surface area (Å²) in [5.41, 5.74) is 0. The Bertz CT molecular complexity index is 569. The molecule has 0 saturated carbocycles. The second-order valence-electron chi connectivity index (χ2n) is 3.37. The Morgan fingerprint density at radius 3 is 2.00 bits per heavy atom. The topological polar surface area (TPSA) is 35.5 Å². The van der Waals surface area contributed by atoms with Crippen molar-refractivity contribution in [1.82, 2.24) is 0 Å². The van der Waals surface area contributed by atoms with Gasteiger partial charge in [-0.25, -0.2) is 4.57 Å². The van der Waals surface area contributed by atoms with Crippen molar-refractivity contribution in [3.05, 3.63) is 54.6 Å². The van der Waals surface area contributed by atoms with Gasteiger partial charge < -0.3 is 9.26 Å². The zero-order valence-corrected chi connectivity index (χ0v) is 11.5. The zero-order chi connectivity index (χ0) is 13.0. The molecule has 0 aliphatic carbocycles. The lowest BCUT2D eigenvalue weighted by Crippen LogP contribution is -1.89. The summed E-state index contributed by atoms with van der Waals surface area (Å²) in [6, 6.07) is 15.9. The predicted molar refractivity (Wildman–Crippen MR) is 72.9 cm³/mol. The van der Waals surface area contributed by atoms with Crippen LogP contribution < -0.4 is 9.26 Å². The lowest BCUT2D eigenvalue weighted by Gasteiger charge is -2.12. The second kappa shape index (κ2) is 5.66. The highest BCUT2D eigenvalue weighted by atomic mass is 35.9. The van der Waals surface area contributed by atoms with Crippen LogP contribution in [-0.4, -0.2) is 0 Å². The highest BCUT2D eigenvalue weighted by Crippen LogP contribution is 2.58. The second-order valence-corrected chi connectivity index (χ2v) is 7.57. The fraction of sp³-hybridized carbons (Fsp3) is 0. The standard InChI is InChI=1S/C12H9Cl2O3P/c13-18(14,15)17-12-9-5-4-8-11(12)16-10-6-2-1-3-7-10/h1-9H. The van der Waals surface area contributed by atoms with E-state index in [9.17, 15) is 4.57 Å². The third-order valence-electron chi connectivity index (χ3n) is 2.02. The van der Waals surface area contributed by atoms with E-state index in [1.807, 2.05) is 18.2 Å². The number of rotatable bonds is 4. The van der Waals surface area contributed by atoms with Crippen molar-refractivity contribution in [2.24, 2.45) is 0 Å². The summed E-state index contributed by atoms with van der Waals surface area (Å²) in [5, 5.41) is 0. The SMILES string of the molecule is O=P(Cl)(Cl)Oc1ccccc1Oc1ccccc1. The molecule has 2 aromatic carbocycles. The Morgan fingerprint density at radius 2 is 1.39 bits per heavy atom. The van der Waals surface area contributed by atoms with Gasteiger partial charge in [0, 0.05) is 22.5 Å². The van der Waals surface area contributed by atoms with Gasteiger partial charge in [-0.15, -0.1) is 0 Å². The smallest absolute Gasteiger partial charge is 0.428 e. The van der Waals surface area contributed by atoms with E-state index in [0.29, 0.717) is 11.5 Å². The molecular weight excluding hydrogens is 294 g/mol. The molecule has 0 aromatic heterocycles. The van der Waals surface area contributed by atoms with E-state index in [2.05, 4.69) is 0 Å². The molecule has 0 bridgehead atoms. The molecule has 0 N–H and O–H groups in total. The number of hydrogen-bond acceptors (Lipinski definition) is 3. The van der Waals surface area contributed by atoms with Crippen molar-refractivity contribution < 1.29 is 13.8 Å². The average Bonchev–Trinajstić information content (AvgIpc) is 2.31.